The summed E-state index contributed by atoms with van der Waals surface area (Å²) >= 11 is 0. The number of carbonyl (C=O) groups excluding carboxylic acids is 1. The van der Waals surface area contributed by atoms with Crippen LogP contribution in [-0.4, -0.2) is 41.0 Å². The van der Waals surface area contributed by atoms with Crippen molar-refractivity contribution in [1.82, 2.24) is 4.90 Å². The average molecular weight is 394 g/mol. The fraction of sp³-hybridized carbons (Fsp3) is 0.478. The van der Waals surface area contributed by atoms with Gasteiger partial charge in [-0.3, -0.25) is 9.59 Å². The second-order valence-corrected chi connectivity index (χ2v) is 8.83. The highest BCUT2D eigenvalue weighted by atomic mass is 16.4. The molecule has 1 N–H and O–H groups in total. The third-order valence-electron chi connectivity index (χ3n) is 7.16. The minimum absolute atomic E-state index is 0.0764. The molecule has 6 nitrogen and oxygen atoms in total. The van der Waals surface area contributed by atoms with Crippen LogP contribution in [0.3, 0.4) is 0 Å². The zero-order valence-corrected chi connectivity index (χ0v) is 16.6. The average Bonchev–Trinajstić information content (AvgIpc) is 3.07. The van der Waals surface area contributed by atoms with Crippen molar-refractivity contribution in [2.24, 2.45) is 11.3 Å². The number of para-hydroxylation sites is 1. The predicted octanol–water partition coefficient (Wildman–Crippen LogP) is 3.56. The first-order chi connectivity index (χ1) is 14.0. The number of furan rings is 1. The van der Waals surface area contributed by atoms with Crippen LogP contribution in [0.2, 0.25) is 0 Å². The standard InChI is InChI=1S/C23H26N2O4/c1-15-12-16-4-2-3-5-19(16)25(15)14-17-6-11-29-20(17)21(26)24-9-7-23(8-10-24)13-18(23)22(27)28/h2-6,11,15,18H,7-10,12-14H2,1H3,(H,27,28). The summed E-state index contributed by atoms with van der Waals surface area (Å²) in [6.07, 6.45) is 4.89. The molecule has 2 fully saturated rings. The summed E-state index contributed by atoms with van der Waals surface area (Å²) in [4.78, 5) is 28.5. The molecule has 1 aromatic carbocycles. The summed E-state index contributed by atoms with van der Waals surface area (Å²) < 4.78 is 5.63. The molecule has 0 radical (unpaired) electrons. The van der Waals surface area contributed by atoms with Crippen LogP contribution in [0.25, 0.3) is 0 Å². The van der Waals surface area contributed by atoms with E-state index in [1.165, 1.54) is 11.3 Å². The van der Waals surface area contributed by atoms with Gasteiger partial charge in [0.1, 0.15) is 0 Å². The second kappa shape index (κ2) is 6.65. The van der Waals surface area contributed by atoms with Crippen LogP contribution in [0.1, 0.15) is 47.9 Å². The number of amides is 1. The minimum atomic E-state index is -0.696. The van der Waals surface area contributed by atoms with Crippen LogP contribution in [-0.2, 0) is 17.8 Å². The van der Waals surface area contributed by atoms with Crippen molar-refractivity contribution < 1.29 is 19.1 Å². The zero-order chi connectivity index (χ0) is 20.2. The summed E-state index contributed by atoms with van der Waals surface area (Å²) in [5.74, 6) is -0.579. The number of fused-ring (bicyclic) bond motifs is 1. The van der Waals surface area contributed by atoms with E-state index in [1.54, 1.807) is 6.26 Å². The molecule has 1 aliphatic carbocycles. The highest BCUT2D eigenvalue weighted by Gasteiger charge is 2.59. The lowest BCUT2D eigenvalue weighted by Gasteiger charge is -2.32. The summed E-state index contributed by atoms with van der Waals surface area (Å²) in [7, 11) is 0. The largest absolute Gasteiger partial charge is 0.481 e. The Kier molecular flexibility index (Phi) is 4.19. The van der Waals surface area contributed by atoms with Crippen LogP contribution in [0, 0.1) is 11.3 Å². The molecule has 1 saturated heterocycles. The summed E-state index contributed by atoms with van der Waals surface area (Å²) in [6.45, 7) is 4.06. The Balaban J connectivity index is 1.29. The molecule has 2 atom stereocenters. The quantitative estimate of drug-likeness (QED) is 0.858. The molecule has 6 heteroatoms. The fourth-order valence-electron chi connectivity index (χ4n) is 5.25. The van der Waals surface area contributed by atoms with Gasteiger partial charge in [0.25, 0.3) is 5.91 Å². The van der Waals surface area contributed by atoms with Crippen molar-refractivity contribution in [2.45, 2.75) is 45.2 Å². The summed E-state index contributed by atoms with van der Waals surface area (Å²) in [5.41, 5.74) is 3.40. The molecule has 0 bridgehead atoms. The molecule has 1 saturated carbocycles. The number of rotatable bonds is 4. The molecule has 1 spiro atoms. The molecule has 2 unspecified atom stereocenters. The summed E-state index contributed by atoms with van der Waals surface area (Å²) in [5, 5.41) is 9.26. The number of nitrogens with zero attached hydrogens (tertiary/aromatic N) is 2. The van der Waals surface area contributed by atoms with Crippen molar-refractivity contribution in [3.8, 4) is 0 Å². The van der Waals surface area contributed by atoms with Gasteiger partial charge in [0.15, 0.2) is 5.76 Å². The number of hydrogen-bond donors (Lipinski definition) is 1. The Morgan fingerprint density at radius 3 is 2.69 bits per heavy atom. The van der Waals surface area contributed by atoms with Gasteiger partial charge in [0.2, 0.25) is 0 Å². The number of carboxylic acid groups (broad SMARTS) is 1. The lowest BCUT2D eigenvalue weighted by atomic mass is 9.90. The number of carbonyl (C=O) groups is 2. The maximum atomic E-state index is 13.1. The maximum Gasteiger partial charge on any atom is 0.307 e. The number of aliphatic carboxylic acids is 1. The lowest BCUT2D eigenvalue weighted by molar-refractivity contribution is -0.139. The van der Waals surface area contributed by atoms with E-state index in [1.807, 2.05) is 11.0 Å². The van der Waals surface area contributed by atoms with Gasteiger partial charge in [-0.25, -0.2) is 0 Å². The topological polar surface area (TPSA) is 74.0 Å². The van der Waals surface area contributed by atoms with Gasteiger partial charge in [0.05, 0.1) is 12.2 Å². The first-order valence-electron chi connectivity index (χ1n) is 10.4. The first kappa shape index (κ1) is 18.3. The van der Waals surface area contributed by atoms with E-state index < -0.39 is 5.97 Å². The number of benzene rings is 1. The van der Waals surface area contributed by atoms with Gasteiger partial charge in [0, 0.05) is 36.9 Å². The second-order valence-electron chi connectivity index (χ2n) is 8.83. The van der Waals surface area contributed by atoms with Gasteiger partial charge in [-0.2, -0.15) is 0 Å². The van der Waals surface area contributed by atoms with Crippen molar-refractivity contribution in [3.63, 3.8) is 0 Å². The highest BCUT2D eigenvalue weighted by Crippen LogP contribution is 2.59. The third kappa shape index (κ3) is 3.02. The predicted molar refractivity (Wildman–Crippen MR) is 108 cm³/mol. The van der Waals surface area contributed by atoms with Crippen molar-refractivity contribution in [3.05, 3.63) is 53.5 Å². The molecule has 2 aliphatic heterocycles. The molecular formula is C23H26N2O4. The third-order valence-corrected chi connectivity index (χ3v) is 7.16. The van der Waals surface area contributed by atoms with Gasteiger partial charge >= 0.3 is 5.97 Å². The zero-order valence-electron chi connectivity index (χ0n) is 16.6. The number of likely N-dealkylation sites (tertiary alicyclic amines) is 1. The minimum Gasteiger partial charge on any atom is -0.481 e. The highest BCUT2D eigenvalue weighted by molar-refractivity contribution is 5.93. The molecule has 1 amide bonds. The van der Waals surface area contributed by atoms with Crippen LogP contribution in [0.5, 0.6) is 0 Å². The summed E-state index contributed by atoms with van der Waals surface area (Å²) in [6, 6.07) is 10.7. The van der Waals surface area contributed by atoms with Crippen LogP contribution < -0.4 is 4.90 Å². The molecule has 2 aromatic rings. The normalized spacial score (nSPS) is 24.6. The smallest absolute Gasteiger partial charge is 0.307 e. The van der Waals surface area contributed by atoms with E-state index in [-0.39, 0.29) is 17.2 Å². The molecule has 5 rings (SSSR count). The fourth-order valence-corrected chi connectivity index (χ4v) is 5.25. The van der Waals surface area contributed by atoms with Crippen molar-refractivity contribution in [1.29, 1.82) is 0 Å². The van der Waals surface area contributed by atoms with Gasteiger partial charge in [-0.15, -0.1) is 0 Å². The van der Waals surface area contributed by atoms with E-state index in [0.29, 0.717) is 31.4 Å². The van der Waals surface area contributed by atoms with E-state index >= 15 is 0 Å². The Labute approximate surface area is 170 Å². The van der Waals surface area contributed by atoms with Crippen molar-refractivity contribution in [2.75, 3.05) is 18.0 Å². The number of hydrogen-bond acceptors (Lipinski definition) is 4. The van der Waals surface area contributed by atoms with Gasteiger partial charge in [-0.1, -0.05) is 18.2 Å². The van der Waals surface area contributed by atoms with Crippen LogP contribution in [0.15, 0.2) is 41.0 Å². The number of carboxylic acids is 1. The van der Waals surface area contributed by atoms with Crippen LogP contribution >= 0.6 is 0 Å². The number of piperidine rings is 1. The molecule has 1 aromatic heterocycles. The van der Waals surface area contributed by atoms with E-state index in [4.69, 9.17) is 4.42 Å². The number of anilines is 1. The first-order valence-corrected chi connectivity index (χ1v) is 10.4. The van der Waals surface area contributed by atoms with E-state index in [0.717, 1.165) is 31.2 Å². The Morgan fingerprint density at radius 1 is 1.21 bits per heavy atom. The monoisotopic (exact) mass is 394 g/mol. The Hall–Kier alpha value is -2.76. The Morgan fingerprint density at radius 2 is 1.97 bits per heavy atom. The molecule has 3 heterocycles. The van der Waals surface area contributed by atoms with Crippen molar-refractivity contribution >= 4 is 17.6 Å². The molecular weight excluding hydrogens is 368 g/mol. The molecule has 29 heavy (non-hydrogen) atoms. The Bertz CT molecular complexity index is 957. The van der Waals surface area contributed by atoms with Crippen LogP contribution in [0.4, 0.5) is 5.69 Å². The SMILES string of the molecule is CC1Cc2ccccc2N1Cc1ccoc1C(=O)N1CCC2(CC1)CC2C(=O)O. The van der Waals surface area contributed by atoms with E-state index in [9.17, 15) is 14.7 Å². The molecule has 3 aliphatic rings. The van der Waals surface area contributed by atoms with Gasteiger partial charge in [-0.05, 0) is 55.7 Å². The lowest BCUT2D eigenvalue weighted by Crippen LogP contribution is -2.40. The molecule has 152 valence electrons. The van der Waals surface area contributed by atoms with Gasteiger partial charge < -0.3 is 19.3 Å². The maximum absolute atomic E-state index is 13.1. The van der Waals surface area contributed by atoms with E-state index in [2.05, 4.69) is 36.1 Å².